The second-order valence-electron chi connectivity index (χ2n) is 21.3. The number of Topliss-reactive ketones (excluding diaryl/α,β-unsaturated/α-hetero) is 1. The molecule has 6 aliphatic rings. The summed E-state index contributed by atoms with van der Waals surface area (Å²) in [6.45, 7) is 23.6. The summed E-state index contributed by atoms with van der Waals surface area (Å²) in [7, 11) is 1.50. The van der Waals surface area contributed by atoms with Crippen LogP contribution in [0.2, 0.25) is 0 Å². The maximum Gasteiger partial charge on any atom is 0.410 e. The van der Waals surface area contributed by atoms with Gasteiger partial charge >= 0.3 is 11.9 Å². The smallest absolute Gasteiger partial charge is 0.410 e. The largest absolute Gasteiger partial charge is 0.507 e. The van der Waals surface area contributed by atoms with Crippen LogP contribution in [0.1, 0.15) is 111 Å². The van der Waals surface area contributed by atoms with Gasteiger partial charge in [-0.15, -0.1) is 0 Å². The van der Waals surface area contributed by atoms with E-state index in [9.17, 15) is 34.8 Å². The number of methoxy groups -OCH3 is 1. The monoisotopic (exact) mass is 973 g/mol. The summed E-state index contributed by atoms with van der Waals surface area (Å²) in [5.41, 5.74) is -0.579. The summed E-state index contributed by atoms with van der Waals surface area (Å²) in [6, 6.07) is 0.580. The Morgan fingerprint density at radius 1 is 0.914 bits per heavy atom. The van der Waals surface area contributed by atoms with Crippen LogP contribution in [0.5, 0.6) is 17.2 Å². The molecule has 2 amide bonds. The fraction of sp³-hybridized carbons (Fsp3) is 0.642. The van der Waals surface area contributed by atoms with Gasteiger partial charge in [0.2, 0.25) is 0 Å². The summed E-state index contributed by atoms with van der Waals surface area (Å²) >= 11 is 0. The first-order valence-electron chi connectivity index (χ1n) is 25.1. The van der Waals surface area contributed by atoms with Crippen molar-refractivity contribution in [3.05, 3.63) is 58.0 Å². The zero-order chi connectivity index (χ0) is 51.1. The van der Waals surface area contributed by atoms with Crippen LogP contribution < -0.4 is 26.1 Å². The third-order valence-corrected chi connectivity index (χ3v) is 15.1. The highest BCUT2D eigenvalue weighted by Gasteiger charge is 2.50. The first kappa shape index (κ1) is 52.7. The summed E-state index contributed by atoms with van der Waals surface area (Å²) in [5.74, 6) is -6.03. The van der Waals surface area contributed by atoms with Crippen molar-refractivity contribution in [1.82, 2.24) is 15.1 Å². The van der Waals surface area contributed by atoms with Crippen LogP contribution in [0.4, 0.5) is 10.5 Å². The van der Waals surface area contributed by atoms with Crippen molar-refractivity contribution >= 4 is 34.2 Å². The minimum Gasteiger partial charge on any atom is -0.507 e. The number of hydrogen-bond acceptors (Lipinski definition) is 15. The number of aliphatic hydroxyl groups is 2. The molecule has 6 N–H and O–H groups in total. The van der Waals surface area contributed by atoms with Crippen molar-refractivity contribution in [2.75, 3.05) is 45.2 Å². The summed E-state index contributed by atoms with van der Waals surface area (Å²) in [5, 5.41) is 54.7. The van der Waals surface area contributed by atoms with E-state index in [1.54, 1.807) is 63.8 Å². The molecule has 8 rings (SSSR count). The Morgan fingerprint density at radius 3 is 2.20 bits per heavy atom. The minimum atomic E-state index is -1.98. The molecule has 6 aliphatic heterocycles. The third kappa shape index (κ3) is 10.3. The Labute approximate surface area is 411 Å². The van der Waals surface area contributed by atoms with Gasteiger partial charge < -0.3 is 59.8 Å². The molecule has 1 spiro atoms. The van der Waals surface area contributed by atoms with E-state index in [0.717, 1.165) is 19.4 Å². The highest BCUT2D eigenvalue weighted by molar-refractivity contribution is 6.19. The van der Waals surface area contributed by atoms with Gasteiger partial charge in [-0.25, -0.2) is 4.79 Å². The van der Waals surface area contributed by atoms with Crippen LogP contribution in [-0.4, -0.2) is 136 Å². The van der Waals surface area contributed by atoms with Gasteiger partial charge in [0.25, 0.3) is 11.7 Å². The highest BCUT2D eigenvalue weighted by atomic mass is 16.7. The van der Waals surface area contributed by atoms with E-state index in [-0.39, 0.29) is 61.4 Å². The number of likely N-dealkylation sites (tertiary alicyclic amines) is 2. The van der Waals surface area contributed by atoms with Gasteiger partial charge in [-0.05, 0) is 38.7 Å². The van der Waals surface area contributed by atoms with E-state index in [1.807, 2.05) is 6.92 Å². The maximum absolute atomic E-state index is 14.9. The van der Waals surface area contributed by atoms with Gasteiger partial charge in [-0.3, -0.25) is 19.6 Å². The average molecular weight is 973 g/mol. The SMILES string of the molecule is CO[C@H]1/C=C/O[C@@]2(C)Oc3c(C)c(O)c4c(O)c(c5c(c4c3C2=O)=NC2(CCN(CC(C)C)CC2)N=5)NC(=O)/C(C)=C\C=C\[C@H](C)[C@H](O)[C@@H](C)[C@@H](O)[C@@H](C)[C@H](OC(=O)N2CCC(NC(C)C)CC2)[C@@H]1C. The maximum atomic E-state index is 14.9. The van der Waals surface area contributed by atoms with Crippen LogP contribution in [0, 0.1) is 36.5 Å². The molecule has 9 atom stereocenters. The van der Waals surface area contributed by atoms with Gasteiger partial charge in [-0.2, -0.15) is 0 Å². The zero-order valence-corrected chi connectivity index (χ0v) is 43.0. The van der Waals surface area contributed by atoms with Crippen molar-refractivity contribution in [2.24, 2.45) is 39.6 Å². The zero-order valence-electron chi connectivity index (χ0n) is 43.0. The Kier molecular flexibility index (Phi) is 15.8. The molecule has 17 nitrogen and oxygen atoms in total. The topological polar surface area (TPSA) is 224 Å². The molecule has 6 heterocycles. The molecule has 0 aromatic heterocycles. The fourth-order valence-corrected chi connectivity index (χ4v) is 10.9. The Bertz CT molecular complexity index is 2540. The number of allylic oxidation sites excluding steroid dienone is 2. The molecule has 0 radical (unpaired) electrons. The predicted molar refractivity (Wildman–Crippen MR) is 265 cm³/mol. The summed E-state index contributed by atoms with van der Waals surface area (Å²) in [4.78, 5) is 57.4. The molecule has 0 saturated carbocycles. The van der Waals surface area contributed by atoms with E-state index in [1.165, 1.54) is 20.3 Å². The lowest BCUT2D eigenvalue weighted by atomic mass is 9.78. The van der Waals surface area contributed by atoms with Crippen molar-refractivity contribution in [1.29, 1.82) is 0 Å². The number of ether oxygens (including phenoxy) is 4. The van der Waals surface area contributed by atoms with Gasteiger partial charge in [-0.1, -0.05) is 73.6 Å². The van der Waals surface area contributed by atoms with Gasteiger partial charge in [0, 0.05) is 112 Å². The predicted octanol–water partition coefficient (Wildman–Crippen LogP) is 5.79. The second-order valence-corrected chi connectivity index (χ2v) is 21.3. The summed E-state index contributed by atoms with van der Waals surface area (Å²) < 4.78 is 24.9. The molecule has 0 aliphatic carbocycles. The Balaban J connectivity index is 1.32. The van der Waals surface area contributed by atoms with Gasteiger partial charge in [0.1, 0.15) is 28.6 Å². The molecule has 2 aromatic rings. The van der Waals surface area contributed by atoms with Crippen LogP contribution in [0.3, 0.4) is 0 Å². The Morgan fingerprint density at radius 2 is 1.57 bits per heavy atom. The molecule has 17 heteroatoms. The molecule has 70 heavy (non-hydrogen) atoms. The van der Waals surface area contributed by atoms with Crippen molar-refractivity contribution in [3.8, 4) is 17.2 Å². The number of piperidine rings is 2. The lowest BCUT2D eigenvalue weighted by Crippen LogP contribution is -2.50. The van der Waals surface area contributed by atoms with Crippen molar-refractivity contribution < 1.29 is 53.8 Å². The number of hydrogen-bond donors (Lipinski definition) is 6. The first-order chi connectivity index (χ1) is 33.0. The van der Waals surface area contributed by atoms with E-state index >= 15 is 0 Å². The number of anilines is 1. The number of rotatable bonds is 6. The molecular weight excluding hydrogens is 897 g/mol. The normalized spacial score (nSPS) is 31.7. The lowest BCUT2D eigenvalue weighted by molar-refractivity contribution is -0.112. The number of nitrogens with zero attached hydrogens (tertiary/aromatic N) is 4. The number of aliphatic hydroxyl groups excluding tert-OH is 2. The standard InChI is InChI=1S/C53H76N6O11/c1-27(2)26-58-23-19-53(20-24-58)56-40-37-38-45(62)34(10)48-39(37)49(64)52(11,70-48)68-25-18-36(67-12)31(7)47(69-51(66)59-21-16-35(17-22-59)54-28(3)4)33(9)44(61)32(8)43(60)29(5)14-13-15-30(6)50(65)55-42(46(38)63)41(40)57-53/h13-15,18,25,27-29,31-33,35-36,43-44,47,54,60-63H,16-17,19-24,26H2,1-12H3,(H,55,65)/b14-13+,25-18+,30-15-/t29-,31+,32+,33+,36-,43-,44+,47+,52-/m0/s1. The van der Waals surface area contributed by atoms with Crippen LogP contribution in [-0.2, 0) is 19.0 Å². The minimum absolute atomic E-state index is 0.0374. The van der Waals surface area contributed by atoms with Crippen LogP contribution in [0.25, 0.3) is 10.8 Å². The summed E-state index contributed by atoms with van der Waals surface area (Å²) in [6.07, 6.45) is 5.99. The molecule has 384 valence electrons. The van der Waals surface area contributed by atoms with Gasteiger partial charge in [0.15, 0.2) is 11.4 Å². The second kappa shape index (κ2) is 21.0. The molecule has 2 saturated heterocycles. The van der Waals surface area contributed by atoms with Gasteiger partial charge in [0.05, 0.1) is 40.9 Å². The number of amides is 2. The van der Waals surface area contributed by atoms with E-state index in [0.29, 0.717) is 51.0 Å². The van der Waals surface area contributed by atoms with Crippen molar-refractivity contribution in [2.45, 2.75) is 150 Å². The number of phenolic OH excluding ortho intramolecular Hbond substituents is 2. The quantitative estimate of drug-likeness (QED) is 0.189. The molecule has 0 unspecified atom stereocenters. The number of phenols is 2. The number of carbonyl (C=O) groups excluding carboxylic acids is 3. The van der Waals surface area contributed by atoms with E-state index < -0.39 is 83.1 Å². The van der Waals surface area contributed by atoms with E-state index in [2.05, 4.69) is 43.2 Å². The third-order valence-electron chi connectivity index (χ3n) is 15.1. The number of benzene rings is 2. The lowest BCUT2D eigenvalue weighted by Gasteiger charge is -2.40. The highest BCUT2D eigenvalue weighted by Crippen LogP contribution is 2.50. The number of fused-ring (bicyclic) bond motifs is 13. The number of aromatic hydroxyl groups is 2. The molecule has 2 fully saturated rings. The number of ketones is 1. The van der Waals surface area contributed by atoms with E-state index in [4.69, 9.17) is 28.9 Å². The first-order valence-corrected chi connectivity index (χ1v) is 25.1. The number of carbonyl (C=O) groups is 3. The fourth-order valence-electron chi connectivity index (χ4n) is 10.9. The Hall–Kier alpha value is -5.07. The van der Waals surface area contributed by atoms with Crippen LogP contribution >= 0.6 is 0 Å². The number of nitrogens with one attached hydrogen (secondary N) is 2. The molecule has 2 aromatic carbocycles. The van der Waals surface area contributed by atoms with Crippen LogP contribution in [0.15, 0.2) is 46.1 Å². The average Bonchev–Trinajstić information content (AvgIpc) is 3.82. The molecular formula is C53H76N6O11. The molecule has 5 bridgehead atoms. The van der Waals surface area contributed by atoms with Crippen molar-refractivity contribution in [3.63, 3.8) is 0 Å².